The summed E-state index contributed by atoms with van der Waals surface area (Å²) in [6, 6.07) is 73.1. The smallest absolute Gasteiger partial charge is 0.743 e. The molecule has 0 aliphatic carbocycles. The van der Waals surface area contributed by atoms with Crippen molar-refractivity contribution in [2.75, 3.05) is 27.4 Å². The first-order chi connectivity index (χ1) is 41.2. The molecule has 0 radical (unpaired) electrons. The molecule has 8 aromatic carbocycles. The van der Waals surface area contributed by atoms with Crippen LogP contribution in [0.4, 0.5) is 30.7 Å². The molecule has 0 unspecified atom stereocenters. The van der Waals surface area contributed by atoms with Crippen LogP contribution in [0.25, 0.3) is 0 Å². The molecule has 0 atom stereocenters. The third kappa shape index (κ3) is 25.9. The number of esters is 2. The van der Waals surface area contributed by atoms with Crippen LogP contribution in [0.2, 0.25) is 0 Å². The Morgan fingerprint density at radius 3 is 0.888 bits per heavy atom. The molecule has 8 rings (SSSR count). The molecule has 0 bridgehead atoms. The van der Waals surface area contributed by atoms with Crippen LogP contribution < -0.4 is 39.0 Å². The Morgan fingerprint density at radius 2 is 0.663 bits per heavy atom. The van der Waals surface area contributed by atoms with Gasteiger partial charge in [-0.05, 0) is 122 Å². The topological polar surface area (TPSA) is 240 Å². The van der Waals surface area contributed by atoms with Crippen molar-refractivity contribution in [2.45, 2.75) is 72.1 Å². The number of hydrogen-bond acceptors (Lipinski definition) is 14. The van der Waals surface area contributed by atoms with Gasteiger partial charge >= 0.3 is 67.6 Å². The van der Waals surface area contributed by atoms with Crippen molar-refractivity contribution < 1.29 is 128 Å². The maximum atomic E-state index is 12.8. The molecule has 8 aromatic rings. The van der Waals surface area contributed by atoms with Crippen LogP contribution in [0.5, 0.6) is 11.5 Å². The number of alkyl halides is 7. The van der Waals surface area contributed by atoms with Gasteiger partial charge in [0.15, 0.2) is 62.8 Å². The number of carbonyl (C=O) groups is 2. The summed E-state index contributed by atoms with van der Waals surface area (Å²) in [4.78, 5) is 30.7. The molecule has 0 heterocycles. The zero-order valence-electron chi connectivity index (χ0n) is 48.0. The molecule has 28 heteroatoms. The molecular formula is C61H57F7NaO15S5+. The summed E-state index contributed by atoms with van der Waals surface area (Å²) in [5.41, 5.74) is -2.10. The van der Waals surface area contributed by atoms with E-state index in [1.54, 1.807) is 24.3 Å². The second kappa shape index (κ2) is 35.6. The van der Waals surface area contributed by atoms with Gasteiger partial charge in [0.1, 0.15) is 11.5 Å². The summed E-state index contributed by atoms with van der Waals surface area (Å²) in [5.74, 6) is -1.01. The van der Waals surface area contributed by atoms with Gasteiger partial charge in [0.2, 0.25) is 0 Å². The van der Waals surface area contributed by atoms with E-state index in [1.807, 2.05) is 0 Å². The minimum atomic E-state index is -6.09. The molecule has 1 N–H and O–H groups in total. The Hall–Kier alpha value is -6.76. The largest absolute Gasteiger partial charge is 1.00 e. The van der Waals surface area contributed by atoms with Gasteiger partial charge in [-0.3, -0.25) is 14.1 Å². The van der Waals surface area contributed by atoms with Gasteiger partial charge in [-0.1, -0.05) is 132 Å². The Bertz CT molecular complexity index is 3470. The Morgan fingerprint density at radius 1 is 0.416 bits per heavy atom. The maximum Gasteiger partial charge on any atom is 1.00 e. The first kappa shape index (κ1) is 76.5. The minimum absolute atomic E-state index is 0. The Balaban J connectivity index is 0.000000297. The summed E-state index contributed by atoms with van der Waals surface area (Å²) >= 11 is 0. The third-order valence-electron chi connectivity index (χ3n) is 11.3. The second-order valence-electron chi connectivity index (χ2n) is 18.0. The van der Waals surface area contributed by atoms with Crippen LogP contribution in [-0.4, -0.2) is 94.3 Å². The van der Waals surface area contributed by atoms with Crippen molar-refractivity contribution in [3.8, 4) is 11.5 Å². The van der Waals surface area contributed by atoms with Crippen LogP contribution in [0, 0.1) is 13.8 Å². The van der Waals surface area contributed by atoms with Crippen molar-refractivity contribution in [1.82, 2.24) is 0 Å². The zero-order chi connectivity index (χ0) is 65.4. The third-order valence-corrected chi connectivity index (χ3v) is 18.0. The summed E-state index contributed by atoms with van der Waals surface area (Å²) < 4.78 is 187. The summed E-state index contributed by atoms with van der Waals surface area (Å²) in [7, 11) is -14.7. The van der Waals surface area contributed by atoms with E-state index >= 15 is 0 Å². The number of aryl methyl sites for hydroxylation is 2. The molecular weight excluding hydrogens is 1290 g/mol. The molecule has 470 valence electrons. The zero-order valence-corrected chi connectivity index (χ0v) is 54.0. The van der Waals surface area contributed by atoms with E-state index < -0.39 is 71.5 Å². The van der Waals surface area contributed by atoms with Crippen molar-refractivity contribution in [1.29, 1.82) is 0 Å². The SMILES string of the molecule is COc1ccc(CC(=O)OCC(F)(F)S(=O)(=O)O)cc1.COc1ccc(CC(=O)OCC(F)(F)S(=O)(=O)[O-])cc1.Cc1ccc([S+](c2ccccc2)c2ccccc2)cc1.Cc1ccc([S+](c2ccccc2)c2ccccc2)cc1.O=S(=O)([O-])C(F)(F)F.[Na+]. The molecule has 0 fully saturated rings. The predicted molar refractivity (Wildman–Crippen MR) is 315 cm³/mol. The average Bonchev–Trinajstić information content (AvgIpc) is 3.21. The van der Waals surface area contributed by atoms with Crippen LogP contribution in [0.3, 0.4) is 0 Å². The van der Waals surface area contributed by atoms with E-state index in [0.717, 1.165) is 0 Å². The fourth-order valence-corrected chi connectivity index (χ4v) is 11.4. The van der Waals surface area contributed by atoms with Crippen LogP contribution >= 0.6 is 0 Å². The Kier molecular flexibility index (Phi) is 30.6. The number of rotatable bonds is 18. The quantitative estimate of drug-likeness (QED) is 0.0210. The predicted octanol–water partition coefficient (Wildman–Crippen LogP) is 9.42. The first-order valence-electron chi connectivity index (χ1n) is 25.3. The molecule has 0 aromatic heterocycles. The second-order valence-corrected chi connectivity index (χ2v) is 26.4. The number of methoxy groups -OCH3 is 2. The molecule has 0 saturated carbocycles. The van der Waals surface area contributed by atoms with Crippen molar-refractivity contribution in [3.05, 3.63) is 241 Å². The van der Waals surface area contributed by atoms with Crippen LogP contribution in [0.1, 0.15) is 22.3 Å². The van der Waals surface area contributed by atoms with Crippen molar-refractivity contribution in [2.24, 2.45) is 0 Å². The van der Waals surface area contributed by atoms with Gasteiger partial charge in [-0.25, -0.2) is 16.8 Å². The fraction of sp³-hybridized carbons (Fsp3) is 0.180. The summed E-state index contributed by atoms with van der Waals surface area (Å²) in [6.45, 7) is 0.731. The standard InChI is InChI=1S/2C19H17S.2C11H12F2O6S.CHF3O3S.Na/c2*1-16-12-14-19(15-13-16)20(17-8-4-2-5-9-17)18-10-6-3-7-11-18;2*1-18-9-4-2-8(3-5-9)6-10(14)19-7-11(12,13)20(15,16)17;2-1(3,4)8(5,6)7;/h2*2-15H,1H3;2*2-5H,6-7H2,1H3,(H,15,16,17);(H,5,6,7);/q2*+1;;;;+1/p-2. The van der Waals surface area contributed by atoms with Crippen LogP contribution in [-0.2, 0) is 84.0 Å². The van der Waals surface area contributed by atoms with Gasteiger partial charge < -0.3 is 28.1 Å². The van der Waals surface area contributed by atoms with Gasteiger partial charge in [0.25, 0.3) is 0 Å². The minimum Gasteiger partial charge on any atom is -0.743 e. The van der Waals surface area contributed by atoms with Gasteiger partial charge in [-0.15, -0.1) is 0 Å². The van der Waals surface area contributed by atoms with Gasteiger partial charge in [0.05, 0.1) is 48.9 Å². The number of hydrogen-bond donors (Lipinski definition) is 1. The molecule has 0 aliphatic rings. The monoisotopic (exact) mass is 1350 g/mol. The number of halogens is 7. The van der Waals surface area contributed by atoms with Crippen molar-refractivity contribution in [3.63, 3.8) is 0 Å². The van der Waals surface area contributed by atoms with E-state index in [0.29, 0.717) is 22.6 Å². The number of benzene rings is 8. The van der Waals surface area contributed by atoms with Crippen LogP contribution in [0.15, 0.2) is 248 Å². The summed E-state index contributed by atoms with van der Waals surface area (Å²) in [5, 5.41) is -9.16. The maximum absolute atomic E-state index is 12.8. The van der Waals surface area contributed by atoms with E-state index in [9.17, 15) is 61.7 Å². The van der Waals surface area contributed by atoms with E-state index in [2.05, 4.69) is 193 Å². The molecule has 89 heavy (non-hydrogen) atoms. The molecule has 0 amide bonds. The normalized spacial score (nSPS) is 11.5. The van der Waals surface area contributed by atoms with Gasteiger partial charge in [0, 0.05) is 0 Å². The summed E-state index contributed by atoms with van der Waals surface area (Å²) in [6.07, 6.45) is -0.648. The molecule has 0 spiro atoms. The number of ether oxygens (including phenoxy) is 4. The van der Waals surface area contributed by atoms with E-state index in [1.165, 1.54) is 79.0 Å². The molecule has 0 saturated heterocycles. The van der Waals surface area contributed by atoms with Gasteiger partial charge in [-0.2, -0.15) is 39.2 Å². The van der Waals surface area contributed by atoms with Crippen molar-refractivity contribution >= 4 is 64.1 Å². The molecule has 15 nitrogen and oxygen atoms in total. The Labute approximate surface area is 539 Å². The van der Waals surface area contributed by atoms with E-state index in [4.69, 9.17) is 27.0 Å². The number of carbonyl (C=O) groups excluding carboxylic acids is 2. The first-order valence-corrected chi connectivity index (χ1v) is 32.1. The molecule has 0 aliphatic heterocycles. The average molecular weight is 1350 g/mol. The van der Waals surface area contributed by atoms with E-state index in [-0.39, 0.29) is 64.2 Å². The fourth-order valence-electron chi connectivity index (χ4n) is 6.79.